The van der Waals surface area contributed by atoms with E-state index in [0.717, 1.165) is 50.5 Å². The van der Waals surface area contributed by atoms with Crippen LogP contribution < -0.4 is 10.6 Å². The van der Waals surface area contributed by atoms with Gasteiger partial charge in [-0.1, -0.05) is 60.1 Å². The number of amides is 2. The van der Waals surface area contributed by atoms with Crippen molar-refractivity contribution < 1.29 is 14.4 Å². The first kappa shape index (κ1) is 28.1. The molecule has 5 aliphatic rings. The van der Waals surface area contributed by atoms with E-state index in [1.807, 2.05) is 32.9 Å². The fourth-order valence-electron chi connectivity index (χ4n) is 10.3. The number of carbonyl (C=O) groups is 3. The number of hydrogen-bond acceptors (Lipinski definition) is 4. The summed E-state index contributed by atoms with van der Waals surface area (Å²) in [7, 11) is 0. The Kier molecular flexibility index (Phi) is 6.16. The van der Waals surface area contributed by atoms with E-state index >= 15 is 0 Å². The second kappa shape index (κ2) is 8.54. The molecule has 7 unspecified atom stereocenters. The number of ketones is 2. The highest BCUT2D eigenvalue weighted by molar-refractivity contribution is 6.04. The highest BCUT2D eigenvalue weighted by Gasteiger charge is 2.70. The molecule has 0 bridgehead atoms. The fraction of sp³-hybridized carbons (Fsp3) is 0.758. The molecule has 0 aromatic heterocycles. The molecule has 0 aromatic rings. The molecule has 0 heterocycles. The summed E-state index contributed by atoms with van der Waals surface area (Å²) in [4.78, 5) is 40.6. The van der Waals surface area contributed by atoms with E-state index in [1.165, 1.54) is 0 Å². The molecular formula is C33H47N3O3. The number of nitrogens with one attached hydrogen (secondary N) is 2. The smallest absolute Gasteiger partial charge is 0.315 e. The molecule has 0 aliphatic heterocycles. The molecule has 39 heavy (non-hydrogen) atoms. The number of carbonyl (C=O) groups excluding carboxylic acids is 3. The van der Waals surface area contributed by atoms with Crippen molar-refractivity contribution in [2.75, 3.05) is 6.54 Å². The quantitative estimate of drug-likeness (QED) is 0.436. The van der Waals surface area contributed by atoms with Crippen LogP contribution in [-0.2, 0) is 9.59 Å². The highest BCUT2D eigenvalue weighted by Crippen LogP contribution is 2.73. The summed E-state index contributed by atoms with van der Waals surface area (Å²) in [5, 5.41) is 16.2. The number of Topliss-reactive ketones (excluding diaryl/α,β-unsaturated/α-hetero) is 1. The van der Waals surface area contributed by atoms with Gasteiger partial charge >= 0.3 is 6.03 Å². The van der Waals surface area contributed by atoms with Gasteiger partial charge in [-0.15, -0.1) is 0 Å². The van der Waals surface area contributed by atoms with Crippen molar-refractivity contribution in [1.82, 2.24) is 10.6 Å². The van der Waals surface area contributed by atoms with Crippen LogP contribution in [0.15, 0.2) is 23.3 Å². The zero-order chi connectivity index (χ0) is 28.8. The standard InChI is InChI=1S/C33H47N3O3/c1-9-35-27(39)36-33-14-12-28(2,3)18-21(33)25-22(37)16-24-30(6)17-20(19-34)26(38)29(4,5)23(30)10-11-31(24,7)32(25,8)13-15-33/h16-17,21,23,25H,9-15,18H2,1-8H3,(H2,35,36,39). The number of rotatable bonds is 2. The van der Waals surface area contributed by atoms with Crippen LogP contribution in [0.5, 0.6) is 0 Å². The van der Waals surface area contributed by atoms with Crippen LogP contribution in [0.1, 0.15) is 100 Å². The molecule has 212 valence electrons. The van der Waals surface area contributed by atoms with Crippen molar-refractivity contribution in [1.29, 1.82) is 5.26 Å². The Morgan fingerprint density at radius 2 is 1.69 bits per heavy atom. The molecule has 0 radical (unpaired) electrons. The Morgan fingerprint density at radius 3 is 2.33 bits per heavy atom. The first-order chi connectivity index (χ1) is 18.0. The molecule has 2 N–H and O–H groups in total. The lowest BCUT2D eigenvalue weighted by atomic mass is 9.35. The van der Waals surface area contributed by atoms with Gasteiger partial charge in [0.15, 0.2) is 11.6 Å². The van der Waals surface area contributed by atoms with Crippen molar-refractivity contribution in [3.8, 4) is 6.07 Å². The molecule has 3 fully saturated rings. The van der Waals surface area contributed by atoms with Crippen LogP contribution >= 0.6 is 0 Å². The summed E-state index contributed by atoms with van der Waals surface area (Å²) in [6, 6.07) is 2.05. The van der Waals surface area contributed by atoms with Crippen molar-refractivity contribution in [2.45, 2.75) is 106 Å². The average molecular weight is 534 g/mol. The van der Waals surface area contributed by atoms with Crippen LogP contribution in [0.3, 0.4) is 0 Å². The third kappa shape index (κ3) is 3.67. The van der Waals surface area contributed by atoms with Gasteiger partial charge in [-0.3, -0.25) is 9.59 Å². The van der Waals surface area contributed by atoms with Crippen molar-refractivity contribution in [3.63, 3.8) is 0 Å². The number of nitrogens with zero attached hydrogens (tertiary/aromatic N) is 1. The van der Waals surface area contributed by atoms with E-state index in [4.69, 9.17) is 0 Å². The Morgan fingerprint density at radius 1 is 1.03 bits per heavy atom. The van der Waals surface area contributed by atoms with Crippen LogP contribution in [0.2, 0.25) is 0 Å². The third-order valence-electron chi connectivity index (χ3n) is 12.6. The molecule has 0 aromatic carbocycles. The summed E-state index contributed by atoms with van der Waals surface area (Å²) in [6.45, 7) is 17.9. The summed E-state index contributed by atoms with van der Waals surface area (Å²) in [6.07, 6.45) is 10.2. The topological polar surface area (TPSA) is 99.1 Å². The number of fused-ring (bicyclic) bond motifs is 7. The maximum atomic E-state index is 14.5. The predicted octanol–water partition coefficient (Wildman–Crippen LogP) is 6.28. The van der Waals surface area contributed by atoms with Gasteiger partial charge in [0.1, 0.15) is 6.07 Å². The van der Waals surface area contributed by atoms with Gasteiger partial charge in [0, 0.05) is 28.8 Å². The Labute approximate surface area is 234 Å². The van der Waals surface area contributed by atoms with Gasteiger partial charge in [0.2, 0.25) is 0 Å². The molecule has 0 saturated heterocycles. The molecule has 2 amide bonds. The van der Waals surface area contributed by atoms with Crippen LogP contribution in [0.4, 0.5) is 4.79 Å². The van der Waals surface area contributed by atoms with Gasteiger partial charge in [-0.05, 0) is 86.0 Å². The maximum absolute atomic E-state index is 14.5. The third-order valence-corrected chi connectivity index (χ3v) is 12.6. The van der Waals surface area contributed by atoms with Gasteiger partial charge in [0.25, 0.3) is 0 Å². The minimum absolute atomic E-state index is 0.0394. The zero-order valence-corrected chi connectivity index (χ0v) is 25.2. The van der Waals surface area contributed by atoms with Crippen LogP contribution in [-0.4, -0.2) is 29.7 Å². The van der Waals surface area contributed by atoms with Crippen molar-refractivity contribution in [2.24, 2.45) is 44.8 Å². The predicted molar refractivity (Wildman–Crippen MR) is 151 cm³/mol. The van der Waals surface area contributed by atoms with Gasteiger partial charge in [-0.25, -0.2) is 4.79 Å². The van der Waals surface area contributed by atoms with Crippen molar-refractivity contribution in [3.05, 3.63) is 23.3 Å². The minimum atomic E-state index is -0.663. The number of hydrogen-bond donors (Lipinski definition) is 2. The molecular weight excluding hydrogens is 486 g/mol. The molecule has 5 aliphatic carbocycles. The summed E-state index contributed by atoms with van der Waals surface area (Å²) >= 11 is 0. The molecule has 7 atom stereocenters. The lowest BCUT2D eigenvalue weighted by Gasteiger charge is -2.69. The summed E-state index contributed by atoms with van der Waals surface area (Å²) in [5.41, 5.74) is -0.661. The first-order valence-corrected chi connectivity index (χ1v) is 15.0. The Hall–Kier alpha value is -2.42. The number of nitriles is 1. The SMILES string of the molecule is CCNC(=O)NC12CCC(C)(C)CC1C1C(=O)C=C3C4(C)C=C(C#N)C(=O)C(C)(C)C4CCC3(C)C1(C)CC2. The first-order valence-electron chi connectivity index (χ1n) is 15.0. The van der Waals surface area contributed by atoms with Gasteiger partial charge < -0.3 is 10.6 Å². The van der Waals surface area contributed by atoms with Gasteiger partial charge in [-0.2, -0.15) is 5.26 Å². The van der Waals surface area contributed by atoms with E-state index < -0.39 is 10.8 Å². The van der Waals surface area contributed by atoms with Crippen molar-refractivity contribution >= 4 is 17.6 Å². The van der Waals surface area contributed by atoms with E-state index in [9.17, 15) is 19.6 Å². The highest BCUT2D eigenvalue weighted by atomic mass is 16.2. The Bertz CT molecular complexity index is 1240. The van der Waals surface area contributed by atoms with Crippen LogP contribution in [0.25, 0.3) is 0 Å². The van der Waals surface area contributed by atoms with E-state index in [-0.39, 0.29) is 62.7 Å². The zero-order valence-electron chi connectivity index (χ0n) is 25.2. The second-order valence-corrected chi connectivity index (χ2v) is 15.4. The molecule has 0 spiro atoms. The maximum Gasteiger partial charge on any atom is 0.315 e. The van der Waals surface area contributed by atoms with Gasteiger partial charge in [0.05, 0.1) is 5.57 Å². The number of urea groups is 1. The number of allylic oxidation sites excluding steroid dienone is 4. The van der Waals surface area contributed by atoms with E-state index in [2.05, 4.69) is 51.3 Å². The molecule has 6 heteroatoms. The lowest BCUT2D eigenvalue weighted by Crippen LogP contribution is -2.70. The van der Waals surface area contributed by atoms with E-state index in [0.29, 0.717) is 6.54 Å². The van der Waals surface area contributed by atoms with E-state index in [1.54, 1.807) is 0 Å². The van der Waals surface area contributed by atoms with Crippen LogP contribution in [0, 0.1) is 56.2 Å². The molecule has 3 saturated carbocycles. The lowest BCUT2D eigenvalue weighted by molar-refractivity contribution is -0.160. The normalized spacial score (nSPS) is 43.8. The Balaban J connectivity index is 1.66. The second-order valence-electron chi connectivity index (χ2n) is 15.4. The molecule has 5 rings (SSSR count). The summed E-state index contributed by atoms with van der Waals surface area (Å²) in [5.74, 6) is 0.00545. The largest absolute Gasteiger partial charge is 0.338 e. The molecule has 6 nitrogen and oxygen atoms in total. The monoisotopic (exact) mass is 533 g/mol. The average Bonchev–Trinajstić information content (AvgIpc) is 2.84. The summed E-state index contributed by atoms with van der Waals surface area (Å²) < 4.78 is 0. The minimum Gasteiger partial charge on any atom is -0.338 e. The fourth-order valence-corrected chi connectivity index (χ4v) is 10.3.